The van der Waals surface area contributed by atoms with Gasteiger partial charge >= 0.3 is 30.4 Å². The highest BCUT2D eigenvalue weighted by molar-refractivity contribution is 6.04. The van der Waals surface area contributed by atoms with E-state index in [-0.39, 0.29) is 24.2 Å². The van der Waals surface area contributed by atoms with Crippen LogP contribution >= 0.6 is 0 Å². The quantitative estimate of drug-likeness (QED) is 0.0952. The predicted octanol–water partition coefficient (Wildman–Crippen LogP) is 8.10. The van der Waals surface area contributed by atoms with Gasteiger partial charge < -0.3 is 38.5 Å². The molecule has 2 aromatic carbocycles. The Morgan fingerprint density at radius 1 is 0.833 bits per heavy atom. The van der Waals surface area contributed by atoms with Gasteiger partial charge in [0, 0.05) is 30.0 Å². The third-order valence-corrected chi connectivity index (χ3v) is 12.0. The van der Waals surface area contributed by atoms with Gasteiger partial charge in [-0.25, -0.2) is 29.5 Å². The fourth-order valence-electron chi connectivity index (χ4n) is 9.74. The summed E-state index contributed by atoms with van der Waals surface area (Å²) < 4.78 is 35.4. The number of para-hydroxylation sites is 1. The van der Waals surface area contributed by atoms with Crippen LogP contribution in [0.15, 0.2) is 40.3 Å². The smallest absolute Gasteiger partial charge is 0.438 e. The van der Waals surface area contributed by atoms with Crippen molar-refractivity contribution < 1.29 is 52.7 Å². The van der Waals surface area contributed by atoms with E-state index in [1.807, 2.05) is 18.2 Å². The van der Waals surface area contributed by atoms with Crippen LogP contribution in [-0.4, -0.2) is 98.5 Å². The lowest BCUT2D eigenvalue weighted by Crippen LogP contribution is -2.74. The van der Waals surface area contributed by atoms with Crippen LogP contribution in [0.2, 0.25) is 0 Å². The normalized spacial score (nSPS) is 23.4. The van der Waals surface area contributed by atoms with E-state index in [0.29, 0.717) is 35.7 Å². The summed E-state index contributed by atoms with van der Waals surface area (Å²) in [5, 5.41) is 22.1. The molecule has 4 amide bonds. The number of amides is 4. The molecule has 18 nitrogen and oxygen atoms in total. The third kappa shape index (κ3) is 9.39. The molecule has 2 aliphatic heterocycles. The molecular weight excluding hydrogens is 851 g/mol. The fourth-order valence-corrected chi connectivity index (χ4v) is 9.74. The predicted molar refractivity (Wildman–Crippen MR) is 244 cm³/mol. The average molecular weight is 914 g/mol. The summed E-state index contributed by atoms with van der Waals surface area (Å²) in [4.78, 5) is 67.2. The highest BCUT2D eigenvalue weighted by Crippen LogP contribution is 2.69. The molecule has 4 atom stereocenters. The molecule has 3 heterocycles. The van der Waals surface area contributed by atoms with E-state index in [4.69, 9.17) is 33.4 Å². The zero-order valence-electron chi connectivity index (χ0n) is 39.9. The lowest BCUT2D eigenvalue weighted by molar-refractivity contribution is -0.173. The minimum Gasteiger partial charge on any atom is -0.479 e. The lowest BCUT2D eigenvalue weighted by atomic mass is 9.49. The molecule has 2 bridgehead atoms. The van der Waals surface area contributed by atoms with Crippen molar-refractivity contribution in [3.63, 3.8) is 0 Å². The van der Waals surface area contributed by atoms with Crippen LogP contribution in [-0.2, 0) is 37.2 Å². The number of carbonyl (C=O) groups excluding carboxylic acids is 4. The van der Waals surface area contributed by atoms with Crippen LogP contribution in [0.1, 0.15) is 131 Å². The number of aliphatic hydroxyl groups is 1. The summed E-state index contributed by atoms with van der Waals surface area (Å²) >= 11 is 0. The fraction of sp³-hybridized carbons (Fsp3) is 0.583. The van der Waals surface area contributed by atoms with Gasteiger partial charge in [0.25, 0.3) is 0 Å². The summed E-state index contributed by atoms with van der Waals surface area (Å²) in [5.41, 5.74) is -1.43. The minimum absolute atomic E-state index is 0.158. The van der Waals surface area contributed by atoms with E-state index in [1.54, 1.807) is 95.2 Å². The number of ether oxygens (including phenoxy) is 6. The number of nitrogens with zero attached hydrogens (tertiary/aromatic N) is 3. The first kappa shape index (κ1) is 46.6. The Bertz CT molecular complexity index is 2500. The van der Waals surface area contributed by atoms with Crippen LogP contribution in [0.5, 0.6) is 11.5 Å². The highest BCUT2D eigenvalue weighted by atomic mass is 16.6. The molecule has 3 aromatic rings. The first-order valence-corrected chi connectivity index (χ1v) is 22.6. The van der Waals surface area contributed by atoms with Crippen molar-refractivity contribution in [3.05, 3.63) is 52.7 Å². The number of alkyl carbamates (subject to hydrolysis) is 3. The van der Waals surface area contributed by atoms with Gasteiger partial charge in [0.1, 0.15) is 22.4 Å². The van der Waals surface area contributed by atoms with E-state index in [2.05, 4.69) is 30.8 Å². The molecule has 1 spiro atoms. The van der Waals surface area contributed by atoms with Gasteiger partial charge in [-0.15, -0.1) is 4.99 Å². The molecule has 66 heavy (non-hydrogen) atoms. The van der Waals surface area contributed by atoms with Crippen LogP contribution in [0.3, 0.4) is 0 Å². The number of guanidine groups is 1. The maximum absolute atomic E-state index is 13.7. The van der Waals surface area contributed by atoms with E-state index < -0.39 is 69.9 Å². The SMILES string of the molecule is CC(C)(C)OC(=O)/N=C(/NC(=O)OC(C)(C)C)Oc1ccc2c3c1O[C@H]1c4[nH]c5c(N=C(NC(=O)OC(C)(C)C)NC(=O)OC(C)(C)C)cccc5c4C[C@@]4(O)[C@@H](C2)N(CC2CC2)CC[C@]314. The van der Waals surface area contributed by atoms with E-state index in [9.17, 15) is 24.3 Å². The van der Waals surface area contributed by atoms with Crippen LogP contribution in [0, 0.1) is 5.92 Å². The number of carbonyl (C=O) groups is 4. The number of piperidine rings is 1. The number of H-pyrrole nitrogens is 1. The molecule has 18 heteroatoms. The van der Waals surface area contributed by atoms with Gasteiger partial charge in [-0.1, -0.05) is 18.2 Å². The van der Waals surface area contributed by atoms with Crippen molar-refractivity contribution >= 4 is 52.9 Å². The molecule has 0 unspecified atom stereocenters. The number of fused-ring (bicyclic) bond motifs is 4. The molecule has 356 valence electrons. The average Bonchev–Trinajstić information content (AvgIpc) is 3.77. The van der Waals surface area contributed by atoms with Gasteiger partial charge in [-0.3, -0.25) is 15.5 Å². The zero-order chi connectivity index (χ0) is 47.9. The van der Waals surface area contributed by atoms with Crippen LogP contribution < -0.4 is 25.4 Å². The molecule has 5 N–H and O–H groups in total. The number of amidine groups is 1. The lowest BCUT2D eigenvalue weighted by Gasteiger charge is -2.62. The maximum atomic E-state index is 13.7. The number of rotatable bonds is 4. The maximum Gasteiger partial charge on any atom is 0.438 e. The van der Waals surface area contributed by atoms with Crippen molar-refractivity contribution in [2.24, 2.45) is 15.9 Å². The first-order chi connectivity index (χ1) is 30.6. The second kappa shape index (κ2) is 16.2. The van der Waals surface area contributed by atoms with Gasteiger partial charge in [-0.2, -0.15) is 0 Å². The number of hydrogen-bond donors (Lipinski definition) is 5. The number of aromatic nitrogens is 1. The Morgan fingerprint density at radius 2 is 1.44 bits per heavy atom. The van der Waals surface area contributed by atoms with E-state index in [0.717, 1.165) is 53.7 Å². The second-order valence-corrected chi connectivity index (χ2v) is 22.0. The Labute approximate surface area is 384 Å². The van der Waals surface area contributed by atoms with E-state index >= 15 is 0 Å². The summed E-state index contributed by atoms with van der Waals surface area (Å²) in [5.74, 6) is 0.863. The monoisotopic (exact) mass is 913 g/mol. The number of aliphatic imine (C=N–C) groups is 2. The number of aromatic amines is 1. The first-order valence-electron chi connectivity index (χ1n) is 22.6. The van der Waals surface area contributed by atoms with Crippen molar-refractivity contribution in [1.82, 2.24) is 25.8 Å². The summed E-state index contributed by atoms with van der Waals surface area (Å²) in [7, 11) is 0. The van der Waals surface area contributed by atoms with Crippen LogP contribution in [0.25, 0.3) is 10.9 Å². The van der Waals surface area contributed by atoms with Gasteiger partial charge in [0.05, 0.1) is 27.9 Å². The molecule has 8 rings (SSSR count). The number of nitrogens with one attached hydrogen (secondary N) is 4. The standard InChI is InChI=1S/C48H63N7O11/c1-43(2,3)63-39(56)51-37(52-40(57)64-44(4,5)6)49-29-15-13-14-27-28-23-48(60)31-22-26-18-19-30(61-38(53-41(58)65-45(7,8)9)54-42(59)66-46(10,11)12)35-32(26)47(48,20-21-55(31)24-25-16-17-25)36(62-35)34(28)50-33(27)29/h13-15,18-19,25,31,36,50,60H,16-17,20-24H2,1-12H3,(H,53,54,58,59)(H2,49,51,52,56,57)/t31-,36+,47+,48-/m1/s1. The van der Waals surface area contributed by atoms with Gasteiger partial charge in [-0.05, 0) is 144 Å². The summed E-state index contributed by atoms with van der Waals surface area (Å²) in [6.07, 6.45) is -0.642. The third-order valence-electron chi connectivity index (χ3n) is 12.0. The Balaban J connectivity index is 1.24. The zero-order valence-corrected chi connectivity index (χ0v) is 39.9. The van der Waals surface area contributed by atoms with Crippen molar-refractivity contribution in [2.45, 2.75) is 161 Å². The summed E-state index contributed by atoms with van der Waals surface area (Å²) in [6.45, 7) is 22.1. The molecule has 2 fully saturated rings. The Kier molecular flexibility index (Phi) is 11.4. The van der Waals surface area contributed by atoms with Gasteiger partial charge in [0.15, 0.2) is 17.6 Å². The molecule has 3 aliphatic carbocycles. The highest BCUT2D eigenvalue weighted by Gasteiger charge is 2.73. The van der Waals surface area contributed by atoms with Crippen molar-refractivity contribution in [1.29, 1.82) is 0 Å². The molecule has 1 saturated carbocycles. The van der Waals surface area contributed by atoms with Crippen LogP contribution in [0.4, 0.5) is 24.9 Å². The molecule has 1 aromatic heterocycles. The molecular formula is C48H63N7O11. The molecule has 5 aliphatic rings. The topological polar surface area (TPSA) is 224 Å². The summed E-state index contributed by atoms with van der Waals surface area (Å²) in [6, 6.07) is 8.45. The van der Waals surface area contributed by atoms with Crippen molar-refractivity contribution in [3.8, 4) is 11.5 Å². The molecule has 1 saturated heterocycles. The number of likely N-dealkylation sites (tertiary alicyclic amines) is 1. The van der Waals surface area contributed by atoms with Gasteiger partial charge in [0.2, 0.25) is 5.96 Å². The molecule has 0 radical (unpaired) electrons. The second-order valence-electron chi connectivity index (χ2n) is 22.0. The van der Waals surface area contributed by atoms with E-state index in [1.165, 1.54) is 0 Å². The largest absolute Gasteiger partial charge is 0.479 e. The number of hydrogen-bond acceptors (Lipinski definition) is 13. The minimum atomic E-state index is -1.33. The Morgan fingerprint density at radius 3 is 2.03 bits per heavy atom. The Hall–Kier alpha value is -5.88. The number of benzene rings is 2. The van der Waals surface area contributed by atoms with Crippen molar-refractivity contribution in [2.75, 3.05) is 13.1 Å².